The van der Waals surface area contributed by atoms with Crippen LogP contribution in [0.25, 0.3) is 6.08 Å². The van der Waals surface area contributed by atoms with Crippen LogP contribution < -0.4 is 0 Å². The number of nitrogens with zero attached hydrogens (tertiary/aromatic N) is 1. The highest BCUT2D eigenvalue weighted by atomic mass is 14.9. The van der Waals surface area contributed by atoms with Gasteiger partial charge in [-0.15, -0.1) is 13.2 Å². The van der Waals surface area contributed by atoms with Crippen molar-refractivity contribution in [2.24, 2.45) is 0 Å². The minimum Gasteiger partial charge on any atom is -0.345 e. The maximum atomic E-state index is 3.86. The van der Waals surface area contributed by atoms with Crippen molar-refractivity contribution in [1.82, 2.24) is 9.97 Å². The Morgan fingerprint density at radius 3 is 2.44 bits per heavy atom. The van der Waals surface area contributed by atoms with E-state index in [1.807, 2.05) is 0 Å². The zero-order valence-electron chi connectivity index (χ0n) is 5.30. The van der Waals surface area contributed by atoms with Crippen LogP contribution in [0.4, 0.5) is 0 Å². The van der Waals surface area contributed by atoms with Crippen LogP contribution in [0.5, 0.6) is 0 Å². The van der Waals surface area contributed by atoms with Crippen molar-refractivity contribution >= 4 is 6.08 Å². The van der Waals surface area contributed by atoms with Crippen LogP contribution in [0, 0.1) is 0 Å². The predicted octanol–water partition coefficient (Wildman–Crippen LogP) is 1.85. The number of rotatable bonds is 1. The van der Waals surface area contributed by atoms with Gasteiger partial charge in [0.15, 0.2) is 0 Å². The van der Waals surface area contributed by atoms with E-state index in [1.54, 1.807) is 18.5 Å². The third-order valence-corrected chi connectivity index (χ3v) is 0.713. The lowest BCUT2D eigenvalue weighted by Gasteiger charge is -1.73. The second-order valence-corrected chi connectivity index (χ2v) is 1.18. The van der Waals surface area contributed by atoms with E-state index >= 15 is 0 Å². The first-order chi connectivity index (χ1) is 4.43. The van der Waals surface area contributed by atoms with E-state index in [2.05, 4.69) is 29.7 Å². The van der Waals surface area contributed by atoms with Gasteiger partial charge in [0.1, 0.15) is 5.82 Å². The molecule has 0 spiro atoms. The first kappa shape index (κ1) is 7.69. The molecule has 0 aromatic carbocycles. The van der Waals surface area contributed by atoms with Gasteiger partial charge >= 0.3 is 0 Å². The minimum absolute atomic E-state index is 0.819. The monoisotopic (exact) mass is 122 g/mol. The molecule has 48 valence electrons. The third kappa shape index (κ3) is 2.49. The summed E-state index contributed by atoms with van der Waals surface area (Å²) < 4.78 is 0. The van der Waals surface area contributed by atoms with Crippen LogP contribution in [0.3, 0.4) is 0 Å². The minimum atomic E-state index is 0.819. The summed E-state index contributed by atoms with van der Waals surface area (Å²) >= 11 is 0. The molecular weight excluding hydrogens is 112 g/mol. The van der Waals surface area contributed by atoms with Crippen molar-refractivity contribution in [2.75, 3.05) is 0 Å². The molecule has 1 aromatic heterocycles. The molecule has 1 aromatic rings. The van der Waals surface area contributed by atoms with Crippen LogP contribution in [-0.4, -0.2) is 9.97 Å². The molecule has 0 saturated carbocycles. The summed E-state index contributed by atoms with van der Waals surface area (Å²) in [6.45, 7) is 9.51. The van der Waals surface area contributed by atoms with Gasteiger partial charge in [0, 0.05) is 12.4 Å². The van der Waals surface area contributed by atoms with Crippen molar-refractivity contribution in [3.63, 3.8) is 0 Å². The van der Waals surface area contributed by atoms with Crippen LogP contribution in [0.15, 0.2) is 32.1 Å². The van der Waals surface area contributed by atoms with Gasteiger partial charge in [0.05, 0.1) is 0 Å². The summed E-state index contributed by atoms with van der Waals surface area (Å²) in [5, 5.41) is 0. The summed E-state index contributed by atoms with van der Waals surface area (Å²) in [6.07, 6.45) is 5.12. The molecule has 0 aliphatic carbocycles. The summed E-state index contributed by atoms with van der Waals surface area (Å²) in [4.78, 5) is 6.72. The van der Waals surface area contributed by atoms with E-state index < -0.39 is 0 Å². The molecule has 0 unspecified atom stereocenters. The van der Waals surface area contributed by atoms with Gasteiger partial charge in [-0.1, -0.05) is 6.58 Å². The van der Waals surface area contributed by atoms with E-state index in [-0.39, 0.29) is 0 Å². The second-order valence-electron chi connectivity index (χ2n) is 1.18. The average molecular weight is 122 g/mol. The molecule has 9 heavy (non-hydrogen) atoms. The number of imidazole rings is 1. The Kier molecular flexibility index (Phi) is 4.14. The van der Waals surface area contributed by atoms with Gasteiger partial charge in [-0.05, 0) is 6.08 Å². The Hall–Kier alpha value is -1.31. The highest BCUT2D eigenvalue weighted by Gasteiger charge is 1.78. The topological polar surface area (TPSA) is 28.7 Å². The number of aromatic nitrogens is 2. The van der Waals surface area contributed by atoms with E-state index in [9.17, 15) is 0 Å². The number of nitrogens with one attached hydrogen (secondary N) is 1. The van der Waals surface area contributed by atoms with Crippen molar-refractivity contribution in [3.8, 4) is 0 Å². The molecule has 0 fully saturated rings. The number of H-pyrrole nitrogens is 1. The van der Waals surface area contributed by atoms with Crippen LogP contribution in [0.2, 0.25) is 0 Å². The summed E-state index contributed by atoms with van der Waals surface area (Å²) in [5.74, 6) is 0.819. The standard InChI is InChI=1S/C5H6N2.C2H4/c1-2-5-6-3-4-7-5;1-2/h2-4H,1H2,(H,6,7);1-2H2. The molecule has 0 radical (unpaired) electrons. The first-order valence-corrected chi connectivity index (χ1v) is 2.55. The number of hydrogen-bond acceptors (Lipinski definition) is 1. The summed E-state index contributed by atoms with van der Waals surface area (Å²) in [5.41, 5.74) is 0. The molecule has 1 heterocycles. The highest BCUT2D eigenvalue weighted by Crippen LogP contribution is 1.85. The highest BCUT2D eigenvalue weighted by molar-refractivity contribution is 5.34. The zero-order chi connectivity index (χ0) is 7.11. The lowest BCUT2D eigenvalue weighted by atomic mass is 10.6. The molecule has 0 aliphatic heterocycles. The Morgan fingerprint density at radius 1 is 1.56 bits per heavy atom. The molecule has 0 aliphatic rings. The van der Waals surface area contributed by atoms with Crippen molar-refractivity contribution in [2.45, 2.75) is 0 Å². The first-order valence-electron chi connectivity index (χ1n) is 2.55. The van der Waals surface area contributed by atoms with Crippen molar-refractivity contribution < 1.29 is 0 Å². The molecule has 0 saturated heterocycles. The van der Waals surface area contributed by atoms with Gasteiger partial charge in [-0.25, -0.2) is 4.98 Å². The van der Waals surface area contributed by atoms with Gasteiger partial charge < -0.3 is 4.98 Å². The maximum Gasteiger partial charge on any atom is 0.129 e. The van der Waals surface area contributed by atoms with Crippen molar-refractivity contribution in [3.05, 3.63) is 38.0 Å². The Labute approximate surface area is 54.9 Å². The Morgan fingerprint density at radius 2 is 2.22 bits per heavy atom. The fourth-order valence-corrected chi connectivity index (χ4v) is 0.389. The molecule has 2 heteroatoms. The Balaban J connectivity index is 0.000000291. The summed E-state index contributed by atoms with van der Waals surface area (Å²) in [6, 6.07) is 0. The lowest BCUT2D eigenvalue weighted by molar-refractivity contribution is 1.27. The largest absolute Gasteiger partial charge is 0.345 e. The normalized spacial score (nSPS) is 7.11. The van der Waals surface area contributed by atoms with Crippen LogP contribution >= 0.6 is 0 Å². The average Bonchev–Trinajstić information content (AvgIpc) is 2.43. The third-order valence-electron chi connectivity index (χ3n) is 0.713. The van der Waals surface area contributed by atoms with Gasteiger partial charge in [0.2, 0.25) is 0 Å². The molecule has 0 amide bonds. The quantitative estimate of drug-likeness (QED) is 0.566. The SMILES string of the molecule is C=C.C=Cc1ncc[nH]1. The van der Waals surface area contributed by atoms with E-state index in [4.69, 9.17) is 0 Å². The van der Waals surface area contributed by atoms with Crippen LogP contribution in [0.1, 0.15) is 5.82 Å². The molecule has 2 nitrogen and oxygen atoms in total. The van der Waals surface area contributed by atoms with Crippen molar-refractivity contribution in [1.29, 1.82) is 0 Å². The fraction of sp³-hybridized carbons (Fsp3) is 0. The van der Waals surface area contributed by atoms with Gasteiger partial charge in [0.25, 0.3) is 0 Å². The Bertz CT molecular complexity index is 153. The second kappa shape index (κ2) is 4.84. The van der Waals surface area contributed by atoms with Gasteiger partial charge in [-0.3, -0.25) is 0 Å². The lowest BCUT2D eigenvalue weighted by Crippen LogP contribution is -1.67. The maximum absolute atomic E-state index is 3.86. The number of aromatic amines is 1. The zero-order valence-corrected chi connectivity index (χ0v) is 5.30. The smallest absolute Gasteiger partial charge is 0.129 e. The van der Waals surface area contributed by atoms with E-state index in [1.165, 1.54) is 0 Å². The number of hydrogen-bond donors (Lipinski definition) is 1. The van der Waals surface area contributed by atoms with E-state index in [0.29, 0.717) is 0 Å². The van der Waals surface area contributed by atoms with E-state index in [0.717, 1.165) is 5.82 Å². The molecule has 1 rings (SSSR count). The van der Waals surface area contributed by atoms with Gasteiger partial charge in [-0.2, -0.15) is 0 Å². The fourth-order valence-electron chi connectivity index (χ4n) is 0.389. The molecule has 1 N–H and O–H groups in total. The molecule has 0 bridgehead atoms. The molecular formula is C7H10N2. The predicted molar refractivity (Wildman–Crippen MR) is 39.9 cm³/mol. The van der Waals surface area contributed by atoms with Crippen LogP contribution in [-0.2, 0) is 0 Å². The summed E-state index contributed by atoms with van der Waals surface area (Å²) in [7, 11) is 0. The molecule has 0 atom stereocenters.